The molecule has 0 radical (unpaired) electrons. The molecule has 10 nitrogen and oxygen atoms in total. The smallest absolute Gasteiger partial charge is 0.323 e. The minimum Gasteiger partial charge on any atom is -0.489 e. The molecule has 0 unspecified atom stereocenters. The van der Waals surface area contributed by atoms with Gasteiger partial charge < -0.3 is 24.9 Å². The van der Waals surface area contributed by atoms with Crippen LogP contribution in [0.15, 0.2) is 59.7 Å². The van der Waals surface area contributed by atoms with E-state index in [9.17, 15) is 14.4 Å². The predicted molar refractivity (Wildman–Crippen MR) is 117 cm³/mol. The minimum absolute atomic E-state index is 0.0414. The molecule has 4 aromatic rings. The number of benzene rings is 2. The first kappa shape index (κ1) is 19.6. The molecule has 0 saturated heterocycles. The molecule has 0 saturated carbocycles. The Bertz CT molecular complexity index is 1370. The summed E-state index contributed by atoms with van der Waals surface area (Å²) in [5.41, 5.74) is 2.71. The minimum atomic E-state index is -0.880. The van der Waals surface area contributed by atoms with Crippen molar-refractivity contribution in [3.8, 4) is 5.75 Å². The van der Waals surface area contributed by atoms with Gasteiger partial charge in [-0.05, 0) is 11.6 Å². The van der Waals surface area contributed by atoms with Crippen LogP contribution in [0, 0.1) is 0 Å². The molecule has 1 atom stereocenters. The van der Waals surface area contributed by atoms with Crippen molar-refractivity contribution in [2.24, 2.45) is 0 Å². The molecule has 0 bridgehead atoms. The number of aromatic amines is 2. The number of hydrogen-bond donors (Lipinski definition) is 3. The van der Waals surface area contributed by atoms with Gasteiger partial charge in [0.15, 0.2) is 0 Å². The van der Waals surface area contributed by atoms with Gasteiger partial charge in [0, 0.05) is 19.3 Å². The van der Waals surface area contributed by atoms with Crippen molar-refractivity contribution in [2.75, 3.05) is 18.6 Å². The summed E-state index contributed by atoms with van der Waals surface area (Å²) in [6.45, 7) is 0.493. The van der Waals surface area contributed by atoms with Gasteiger partial charge in [0.2, 0.25) is 0 Å². The highest BCUT2D eigenvalue weighted by molar-refractivity contribution is 6.04. The van der Waals surface area contributed by atoms with Crippen LogP contribution < -0.4 is 20.6 Å². The lowest BCUT2D eigenvalue weighted by molar-refractivity contribution is -0.120. The van der Waals surface area contributed by atoms with E-state index in [1.54, 1.807) is 30.1 Å². The van der Waals surface area contributed by atoms with E-state index in [1.807, 2.05) is 30.3 Å². The number of aromatic nitrogens is 4. The molecule has 3 heterocycles. The van der Waals surface area contributed by atoms with Crippen molar-refractivity contribution in [1.29, 1.82) is 0 Å². The summed E-state index contributed by atoms with van der Waals surface area (Å²) in [4.78, 5) is 44.0. The fraction of sp³-hybridized carbons (Fsp3) is 0.182. The molecule has 0 spiro atoms. The standard InChI is InChI=1S/C22H20N6O4/c1-27-18-7-15-16(26-22(31)25-15)8-19(18)32-12-17(21(27)30)24-20(29)14-9-23-28(11-14)10-13-5-3-2-4-6-13/h2-9,11,17H,10,12H2,1H3,(H,24,29)(H2,25,26,31)/t17-/m0/s1. The van der Waals surface area contributed by atoms with Gasteiger partial charge in [-0.3, -0.25) is 14.3 Å². The van der Waals surface area contributed by atoms with Crippen molar-refractivity contribution in [3.63, 3.8) is 0 Å². The van der Waals surface area contributed by atoms with Crippen LogP contribution in [0.3, 0.4) is 0 Å². The second-order valence-electron chi connectivity index (χ2n) is 7.59. The Balaban J connectivity index is 1.32. The Morgan fingerprint density at radius 1 is 1.19 bits per heavy atom. The largest absolute Gasteiger partial charge is 0.489 e. The molecule has 1 aliphatic heterocycles. The molecule has 2 aromatic carbocycles. The number of hydrogen-bond acceptors (Lipinski definition) is 5. The van der Waals surface area contributed by atoms with Gasteiger partial charge in [-0.15, -0.1) is 0 Å². The predicted octanol–water partition coefficient (Wildman–Crippen LogP) is 1.25. The van der Waals surface area contributed by atoms with E-state index >= 15 is 0 Å². The summed E-state index contributed by atoms with van der Waals surface area (Å²) in [5, 5.41) is 6.98. The van der Waals surface area contributed by atoms with E-state index in [4.69, 9.17) is 4.74 Å². The average molecular weight is 432 g/mol. The molecule has 0 fully saturated rings. The van der Waals surface area contributed by atoms with Crippen molar-refractivity contribution in [2.45, 2.75) is 12.6 Å². The van der Waals surface area contributed by atoms with Gasteiger partial charge in [0.05, 0.1) is 35.0 Å². The third kappa shape index (κ3) is 3.62. The van der Waals surface area contributed by atoms with Gasteiger partial charge in [0.25, 0.3) is 11.8 Å². The molecule has 0 aliphatic carbocycles. The highest BCUT2D eigenvalue weighted by Gasteiger charge is 2.31. The first-order valence-electron chi connectivity index (χ1n) is 10.0. The fourth-order valence-electron chi connectivity index (χ4n) is 3.71. The number of ether oxygens (including phenoxy) is 1. The van der Waals surface area contributed by atoms with Crippen molar-refractivity contribution in [3.05, 3.63) is 76.5 Å². The number of anilines is 1. The molecular weight excluding hydrogens is 412 g/mol. The lowest BCUT2D eigenvalue weighted by atomic mass is 10.2. The zero-order chi connectivity index (χ0) is 22.2. The molecule has 3 N–H and O–H groups in total. The maximum atomic E-state index is 13.0. The molecule has 10 heteroatoms. The van der Waals surface area contributed by atoms with Gasteiger partial charge in [-0.25, -0.2) is 4.79 Å². The Hall–Kier alpha value is -4.34. The first-order chi connectivity index (χ1) is 15.5. The molecule has 162 valence electrons. The number of likely N-dealkylation sites (N-methyl/N-ethyl adjacent to an activating group) is 1. The summed E-state index contributed by atoms with van der Waals surface area (Å²) in [5.74, 6) is -0.302. The molecule has 2 amide bonds. The average Bonchev–Trinajstić information content (AvgIpc) is 3.38. The Morgan fingerprint density at radius 3 is 2.72 bits per heavy atom. The van der Waals surface area contributed by atoms with Crippen molar-refractivity contribution >= 4 is 28.5 Å². The van der Waals surface area contributed by atoms with Crippen LogP contribution in [-0.4, -0.2) is 51.3 Å². The van der Waals surface area contributed by atoms with Crippen molar-refractivity contribution in [1.82, 2.24) is 25.1 Å². The maximum absolute atomic E-state index is 13.0. The van der Waals surface area contributed by atoms with Crippen LogP contribution in [0.4, 0.5) is 5.69 Å². The zero-order valence-electron chi connectivity index (χ0n) is 17.2. The third-order valence-electron chi connectivity index (χ3n) is 5.38. The Kier molecular flexibility index (Phi) is 4.74. The van der Waals surface area contributed by atoms with Gasteiger partial charge in [0.1, 0.15) is 18.4 Å². The number of fused-ring (bicyclic) bond motifs is 2. The summed E-state index contributed by atoms with van der Waals surface area (Å²) >= 11 is 0. The zero-order valence-corrected chi connectivity index (χ0v) is 17.2. The van der Waals surface area contributed by atoms with Crippen LogP contribution in [0.5, 0.6) is 5.75 Å². The summed E-state index contributed by atoms with van der Waals surface area (Å²) in [6, 6.07) is 12.2. The molecule has 2 aromatic heterocycles. The van der Waals surface area contributed by atoms with Crippen LogP contribution >= 0.6 is 0 Å². The number of amides is 2. The molecule has 1 aliphatic rings. The monoisotopic (exact) mass is 432 g/mol. The van der Waals surface area contributed by atoms with Gasteiger partial charge in [-0.2, -0.15) is 5.10 Å². The van der Waals surface area contributed by atoms with Gasteiger partial charge >= 0.3 is 5.69 Å². The highest BCUT2D eigenvalue weighted by Crippen LogP contribution is 2.33. The second kappa shape index (κ2) is 7.73. The van der Waals surface area contributed by atoms with Gasteiger partial charge in [-0.1, -0.05) is 30.3 Å². The van der Waals surface area contributed by atoms with Crippen LogP contribution in [-0.2, 0) is 11.3 Å². The van der Waals surface area contributed by atoms with E-state index in [2.05, 4.69) is 20.4 Å². The number of nitrogens with one attached hydrogen (secondary N) is 3. The Labute approximate surface area is 181 Å². The topological polar surface area (TPSA) is 125 Å². The lowest BCUT2D eigenvalue weighted by Gasteiger charge is -2.20. The van der Waals surface area contributed by atoms with Crippen molar-refractivity contribution < 1.29 is 14.3 Å². The lowest BCUT2D eigenvalue weighted by Crippen LogP contribution is -2.49. The molecule has 32 heavy (non-hydrogen) atoms. The third-order valence-corrected chi connectivity index (χ3v) is 5.38. The van der Waals surface area contributed by atoms with Crippen LogP contribution in [0.2, 0.25) is 0 Å². The van der Waals surface area contributed by atoms with Crippen LogP contribution in [0.25, 0.3) is 11.0 Å². The highest BCUT2D eigenvalue weighted by atomic mass is 16.5. The second-order valence-corrected chi connectivity index (χ2v) is 7.59. The number of rotatable bonds is 4. The summed E-state index contributed by atoms with van der Waals surface area (Å²) < 4.78 is 7.47. The summed E-state index contributed by atoms with van der Waals surface area (Å²) in [7, 11) is 1.60. The number of H-pyrrole nitrogens is 2. The quantitative estimate of drug-likeness (QED) is 0.448. The first-order valence-corrected chi connectivity index (χ1v) is 10.0. The summed E-state index contributed by atoms with van der Waals surface area (Å²) in [6.07, 6.45) is 3.11. The number of carbonyl (C=O) groups excluding carboxylic acids is 2. The van der Waals surface area contributed by atoms with E-state index in [0.717, 1.165) is 5.56 Å². The normalized spacial score (nSPS) is 15.8. The van der Waals surface area contributed by atoms with E-state index < -0.39 is 11.9 Å². The van der Waals surface area contributed by atoms with E-state index in [-0.39, 0.29) is 18.2 Å². The molecule has 5 rings (SSSR count). The maximum Gasteiger partial charge on any atom is 0.323 e. The number of imidazole rings is 1. The van der Waals surface area contributed by atoms with E-state index in [0.29, 0.717) is 34.6 Å². The SMILES string of the molecule is CN1C(=O)[C@@H](NC(=O)c2cnn(Cc3ccccc3)c2)COc2cc3[nH]c(=O)[nH]c3cc21. The molecular formula is C22H20N6O4. The Morgan fingerprint density at radius 2 is 1.94 bits per heavy atom. The van der Waals surface area contributed by atoms with Crippen LogP contribution in [0.1, 0.15) is 15.9 Å². The number of carbonyl (C=O) groups is 2. The fourth-order valence-corrected chi connectivity index (χ4v) is 3.71. The van der Waals surface area contributed by atoms with E-state index in [1.165, 1.54) is 11.1 Å². The number of nitrogens with zero attached hydrogens (tertiary/aromatic N) is 3.